The highest BCUT2D eigenvalue weighted by Gasteiger charge is 2.20. The summed E-state index contributed by atoms with van der Waals surface area (Å²) in [4.78, 5) is 14.1. The molecule has 0 aliphatic heterocycles. The van der Waals surface area contributed by atoms with Crippen molar-refractivity contribution in [1.29, 1.82) is 0 Å². The quantitative estimate of drug-likeness (QED) is 0.725. The van der Waals surface area contributed by atoms with Gasteiger partial charge in [-0.25, -0.2) is 0 Å². The van der Waals surface area contributed by atoms with Gasteiger partial charge in [0.05, 0.1) is 0 Å². The monoisotopic (exact) mass is 256 g/mol. The molecule has 0 saturated carbocycles. The molecule has 3 heteroatoms. The van der Waals surface area contributed by atoms with Crippen LogP contribution in [0.25, 0.3) is 0 Å². The fourth-order valence-corrected chi connectivity index (χ4v) is 2.41. The van der Waals surface area contributed by atoms with Gasteiger partial charge in [0.1, 0.15) is 0 Å². The second kappa shape index (κ2) is 8.52. The average molecular weight is 256 g/mol. The van der Waals surface area contributed by atoms with E-state index in [-0.39, 0.29) is 5.91 Å². The third kappa shape index (κ3) is 8.51. The highest BCUT2D eigenvalue weighted by molar-refractivity contribution is 5.76. The Morgan fingerprint density at radius 1 is 1.28 bits per heavy atom. The zero-order chi connectivity index (χ0) is 14.2. The summed E-state index contributed by atoms with van der Waals surface area (Å²) in [5, 5.41) is 0. The van der Waals surface area contributed by atoms with Gasteiger partial charge in [-0.2, -0.15) is 0 Å². The molecule has 0 radical (unpaired) electrons. The van der Waals surface area contributed by atoms with Gasteiger partial charge in [0.15, 0.2) is 0 Å². The van der Waals surface area contributed by atoms with Gasteiger partial charge in [0.2, 0.25) is 5.91 Å². The Morgan fingerprint density at radius 3 is 2.33 bits per heavy atom. The molecule has 0 rings (SSSR count). The van der Waals surface area contributed by atoms with Crippen LogP contribution in [0.5, 0.6) is 0 Å². The number of amides is 1. The van der Waals surface area contributed by atoms with Crippen LogP contribution in [0.15, 0.2) is 0 Å². The van der Waals surface area contributed by atoms with E-state index in [1.807, 2.05) is 4.90 Å². The molecule has 1 amide bonds. The Bertz CT molecular complexity index is 233. The Balaban J connectivity index is 4.23. The molecule has 0 bridgehead atoms. The fraction of sp³-hybridized carbons (Fsp3) is 0.933. The van der Waals surface area contributed by atoms with E-state index < -0.39 is 0 Å². The minimum absolute atomic E-state index is 0.269. The first-order chi connectivity index (χ1) is 8.30. The van der Waals surface area contributed by atoms with Crippen molar-refractivity contribution in [2.45, 2.75) is 60.3 Å². The van der Waals surface area contributed by atoms with Crippen LogP contribution in [-0.4, -0.2) is 30.4 Å². The maximum atomic E-state index is 12.2. The lowest BCUT2D eigenvalue weighted by Gasteiger charge is -2.26. The summed E-state index contributed by atoms with van der Waals surface area (Å²) < 4.78 is 0. The van der Waals surface area contributed by atoms with Gasteiger partial charge < -0.3 is 10.6 Å². The molecular formula is C15H32N2O. The van der Waals surface area contributed by atoms with E-state index in [0.717, 1.165) is 25.8 Å². The van der Waals surface area contributed by atoms with E-state index in [2.05, 4.69) is 34.6 Å². The summed E-state index contributed by atoms with van der Waals surface area (Å²) in [5.74, 6) is 0.713. The van der Waals surface area contributed by atoms with Gasteiger partial charge in [0.25, 0.3) is 0 Å². The maximum absolute atomic E-state index is 12.2. The Kier molecular flexibility index (Phi) is 8.25. The zero-order valence-corrected chi connectivity index (χ0v) is 13.0. The standard InChI is InChI=1S/C15H32N2O/c1-6-7-9-17(10-8-16)14(18)11-13(2)12-15(3,4)5/h13H,6-12,16H2,1-5H3. The molecule has 1 atom stereocenters. The normalized spacial score (nSPS) is 13.4. The van der Waals surface area contributed by atoms with Crippen LogP contribution in [0.1, 0.15) is 60.3 Å². The Labute approximate surface area is 113 Å². The van der Waals surface area contributed by atoms with Crippen LogP contribution < -0.4 is 5.73 Å². The van der Waals surface area contributed by atoms with E-state index in [0.29, 0.717) is 30.8 Å². The summed E-state index contributed by atoms with van der Waals surface area (Å²) in [7, 11) is 0. The molecule has 0 aromatic heterocycles. The van der Waals surface area contributed by atoms with Crippen LogP contribution in [-0.2, 0) is 4.79 Å². The van der Waals surface area contributed by atoms with Gasteiger partial charge in [-0.15, -0.1) is 0 Å². The van der Waals surface area contributed by atoms with Gasteiger partial charge in [-0.3, -0.25) is 4.79 Å². The van der Waals surface area contributed by atoms with Crippen molar-refractivity contribution in [2.24, 2.45) is 17.1 Å². The molecule has 0 aromatic rings. The molecule has 0 aliphatic carbocycles. The highest BCUT2D eigenvalue weighted by Crippen LogP contribution is 2.26. The van der Waals surface area contributed by atoms with Gasteiger partial charge in [0, 0.05) is 26.1 Å². The molecule has 0 spiro atoms. The minimum atomic E-state index is 0.269. The minimum Gasteiger partial charge on any atom is -0.341 e. The van der Waals surface area contributed by atoms with Crippen molar-refractivity contribution in [2.75, 3.05) is 19.6 Å². The lowest BCUT2D eigenvalue weighted by Crippen LogP contribution is -2.37. The predicted molar refractivity (Wildman–Crippen MR) is 78.4 cm³/mol. The molecule has 108 valence electrons. The van der Waals surface area contributed by atoms with Crippen molar-refractivity contribution in [3.05, 3.63) is 0 Å². The molecule has 0 fully saturated rings. The molecule has 0 aliphatic rings. The molecule has 1 unspecified atom stereocenters. The topological polar surface area (TPSA) is 46.3 Å². The lowest BCUT2D eigenvalue weighted by atomic mass is 9.84. The first-order valence-electron chi connectivity index (χ1n) is 7.28. The third-order valence-electron chi connectivity index (χ3n) is 3.02. The number of rotatable bonds is 8. The zero-order valence-electron chi connectivity index (χ0n) is 13.0. The molecular weight excluding hydrogens is 224 g/mol. The molecule has 18 heavy (non-hydrogen) atoms. The fourth-order valence-electron chi connectivity index (χ4n) is 2.41. The van der Waals surface area contributed by atoms with Gasteiger partial charge >= 0.3 is 0 Å². The molecule has 0 heterocycles. The number of carbonyl (C=O) groups excluding carboxylic acids is 1. The van der Waals surface area contributed by atoms with Crippen LogP contribution in [0, 0.1) is 11.3 Å². The van der Waals surface area contributed by atoms with Crippen LogP contribution in [0.4, 0.5) is 0 Å². The van der Waals surface area contributed by atoms with Crippen molar-refractivity contribution in [1.82, 2.24) is 4.90 Å². The van der Waals surface area contributed by atoms with Crippen molar-refractivity contribution < 1.29 is 4.79 Å². The van der Waals surface area contributed by atoms with E-state index >= 15 is 0 Å². The SMILES string of the molecule is CCCCN(CCN)C(=O)CC(C)CC(C)(C)C. The summed E-state index contributed by atoms with van der Waals surface area (Å²) in [6, 6.07) is 0. The Hall–Kier alpha value is -0.570. The average Bonchev–Trinajstić information content (AvgIpc) is 2.21. The third-order valence-corrected chi connectivity index (χ3v) is 3.02. The van der Waals surface area contributed by atoms with Crippen molar-refractivity contribution in [3.63, 3.8) is 0 Å². The number of unbranched alkanes of at least 4 members (excludes halogenated alkanes) is 1. The summed E-state index contributed by atoms with van der Waals surface area (Å²) in [5.41, 5.74) is 5.87. The first-order valence-corrected chi connectivity index (χ1v) is 7.28. The van der Waals surface area contributed by atoms with Crippen LogP contribution >= 0.6 is 0 Å². The number of nitrogens with two attached hydrogens (primary N) is 1. The van der Waals surface area contributed by atoms with Crippen LogP contribution in [0.2, 0.25) is 0 Å². The number of carbonyl (C=O) groups is 1. The lowest BCUT2D eigenvalue weighted by molar-refractivity contribution is -0.132. The van der Waals surface area contributed by atoms with E-state index in [1.165, 1.54) is 0 Å². The number of hydrogen-bond acceptors (Lipinski definition) is 2. The van der Waals surface area contributed by atoms with Gasteiger partial charge in [-0.05, 0) is 24.2 Å². The molecule has 0 aromatic carbocycles. The van der Waals surface area contributed by atoms with E-state index in [1.54, 1.807) is 0 Å². The molecule has 2 N–H and O–H groups in total. The van der Waals surface area contributed by atoms with Crippen molar-refractivity contribution >= 4 is 5.91 Å². The second-order valence-corrected chi connectivity index (χ2v) is 6.60. The van der Waals surface area contributed by atoms with Crippen LogP contribution in [0.3, 0.4) is 0 Å². The Morgan fingerprint density at radius 2 is 1.89 bits per heavy atom. The number of hydrogen-bond donors (Lipinski definition) is 1. The highest BCUT2D eigenvalue weighted by atomic mass is 16.2. The summed E-state index contributed by atoms with van der Waals surface area (Å²) >= 11 is 0. The molecule has 3 nitrogen and oxygen atoms in total. The summed E-state index contributed by atoms with van der Waals surface area (Å²) in [6.45, 7) is 13.1. The smallest absolute Gasteiger partial charge is 0.222 e. The molecule has 0 saturated heterocycles. The number of nitrogens with zero attached hydrogens (tertiary/aromatic N) is 1. The predicted octanol–water partition coefficient (Wildman–Crippen LogP) is 3.04. The first kappa shape index (κ1) is 17.4. The van der Waals surface area contributed by atoms with E-state index in [4.69, 9.17) is 5.73 Å². The van der Waals surface area contributed by atoms with E-state index in [9.17, 15) is 4.79 Å². The second-order valence-electron chi connectivity index (χ2n) is 6.60. The van der Waals surface area contributed by atoms with Crippen molar-refractivity contribution in [3.8, 4) is 0 Å². The maximum Gasteiger partial charge on any atom is 0.222 e. The van der Waals surface area contributed by atoms with Gasteiger partial charge in [-0.1, -0.05) is 41.0 Å². The largest absolute Gasteiger partial charge is 0.341 e. The summed E-state index contributed by atoms with van der Waals surface area (Å²) in [6.07, 6.45) is 3.93.